The van der Waals surface area contributed by atoms with E-state index >= 15 is 0 Å². The van der Waals surface area contributed by atoms with Crippen molar-refractivity contribution in [3.63, 3.8) is 0 Å². The molecular formula is C13H20O2. The molecular weight excluding hydrogens is 188 g/mol. The summed E-state index contributed by atoms with van der Waals surface area (Å²) in [6.07, 6.45) is 0.388. The molecule has 0 aliphatic heterocycles. The van der Waals surface area contributed by atoms with Gasteiger partial charge in [-0.25, -0.2) is 0 Å². The van der Waals surface area contributed by atoms with Gasteiger partial charge in [0.05, 0.1) is 11.7 Å². The zero-order chi connectivity index (χ0) is 11.5. The van der Waals surface area contributed by atoms with Crippen molar-refractivity contribution in [2.45, 2.75) is 38.9 Å². The number of hydrogen-bond donors (Lipinski definition) is 1. The zero-order valence-electron chi connectivity index (χ0n) is 9.95. The molecule has 0 bridgehead atoms. The highest BCUT2D eigenvalue weighted by atomic mass is 16.5. The average molecular weight is 208 g/mol. The first kappa shape index (κ1) is 12.2. The molecule has 15 heavy (non-hydrogen) atoms. The zero-order valence-corrected chi connectivity index (χ0v) is 9.95. The summed E-state index contributed by atoms with van der Waals surface area (Å²) in [4.78, 5) is 0. The molecule has 0 amide bonds. The first-order chi connectivity index (χ1) is 6.95. The van der Waals surface area contributed by atoms with Gasteiger partial charge in [-0.15, -0.1) is 0 Å². The molecule has 1 N–H and O–H groups in total. The second-order valence-corrected chi connectivity index (χ2v) is 4.47. The molecule has 0 radical (unpaired) electrons. The molecule has 1 unspecified atom stereocenters. The minimum absolute atomic E-state index is 0.269. The van der Waals surface area contributed by atoms with Crippen LogP contribution in [0.3, 0.4) is 0 Å². The van der Waals surface area contributed by atoms with Crippen LogP contribution < -0.4 is 0 Å². The first-order valence-electron chi connectivity index (χ1n) is 5.28. The first-order valence-corrected chi connectivity index (χ1v) is 5.28. The van der Waals surface area contributed by atoms with Gasteiger partial charge >= 0.3 is 0 Å². The summed E-state index contributed by atoms with van der Waals surface area (Å²) >= 11 is 0. The Morgan fingerprint density at radius 3 is 2.60 bits per heavy atom. The normalized spacial score (nSPS) is 13.9. The van der Waals surface area contributed by atoms with E-state index in [0.29, 0.717) is 6.42 Å². The van der Waals surface area contributed by atoms with E-state index in [1.54, 1.807) is 14.0 Å². The Hall–Kier alpha value is -0.860. The molecule has 0 saturated carbocycles. The van der Waals surface area contributed by atoms with E-state index in [9.17, 15) is 5.11 Å². The third kappa shape index (κ3) is 3.33. The third-order valence-corrected chi connectivity index (χ3v) is 2.66. The lowest BCUT2D eigenvalue weighted by atomic mass is 9.95. The fraction of sp³-hybridized carbons (Fsp3) is 0.538. The fourth-order valence-corrected chi connectivity index (χ4v) is 1.53. The van der Waals surface area contributed by atoms with E-state index in [-0.39, 0.29) is 11.7 Å². The highest BCUT2D eigenvalue weighted by molar-refractivity contribution is 5.28. The third-order valence-electron chi connectivity index (χ3n) is 2.66. The van der Waals surface area contributed by atoms with Crippen molar-refractivity contribution in [1.82, 2.24) is 0 Å². The van der Waals surface area contributed by atoms with Gasteiger partial charge in [-0.2, -0.15) is 0 Å². The summed E-state index contributed by atoms with van der Waals surface area (Å²) in [7, 11) is 1.71. The summed E-state index contributed by atoms with van der Waals surface area (Å²) < 4.78 is 5.42. The van der Waals surface area contributed by atoms with Gasteiger partial charge in [0.15, 0.2) is 0 Å². The molecule has 0 fully saturated rings. The summed E-state index contributed by atoms with van der Waals surface area (Å²) in [5.74, 6) is 0. The van der Waals surface area contributed by atoms with Crippen molar-refractivity contribution in [3.8, 4) is 0 Å². The molecule has 0 saturated heterocycles. The summed E-state index contributed by atoms with van der Waals surface area (Å²) in [5, 5.41) is 9.33. The maximum Gasteiger partial charge on any atom is 0.0871 e. The van der Waals surface area contributed by atoms with E-state index in [1.807, 2.05) is 26.0 Å². The predicted molar refractivity (Wildman–Crippen MR) is 61.9 cm³/mol. The van der Waals surface area contributed by atoms with E-state index in [2.05, 4.69) is 12.1 Å². The van der Waals surface area contributed by atoms with E-state index in [0.717, 1.165) is 11.1 Å². The maximum absolute atomic E-state index is 9.33. The Bertz CT molecular complexity index is 316. The molecule has 1 atom stereocenters. The van der Waals surface area contributed by atoms with Crippen LogP contribution in [-0.2, 0) is 16.8 Å². The van der Waals surface area contributed by atoms with Crippen molar-refractivity contribution in [2.75, 3.05) is 7.11 Å². The van der Waals surface area contributed by atoms with Crippen LogP contribution in [0.2, 0.25) is 0 Å². The molecule has 0 spiro atoms. The van der Waals surface area contributed by atoms with Crippen LogP contribution in [0, 0.1) is 0 Å². The Balaban J connectivity index is 2.92. The highest BCUT2D eigenvalue weighted by Gasteiger charge is 2.19. The second-order valence-electron chi connectivity index (χ2n) is 4.47. The number of benzene rings is 1. The molecule has 2 heteroatoms. The van der Waals surface area contributed by atoms with E-state index in [4.69, 9.17) is 4.74 Å². The molecule has 1 aromatic rings. The summed E-state index contributed by atoms with van der Waals surface area (Å²) in [6, 6.07) is 8.18. The molecule has 0 aliphatic rings. The van der Waals surface area contributed by atoms with Gasteiger partial charge in [0, 0.05) is 7.11 Å². The number of methoxy groups -OCH3 is 1. The Morgan fingerprint density at radius 1 is 1.40 bits per heavy atom. The van der Waals surface area contributed by atoms with Crippen LogP contribution in [-0.4, -0.2) is 18.3 Å². The number of ether oxygens (including phenoxy) is 1. The number of aliphatic hydroxyl groups is 1. The van der Waals surface area contributed by atoms with Crippen molar-refractivity contribution in [2.24, 2.45) is 0 Å². The highest BCUT2D eigenvalue weighted by Crippen LogP contribution is 2.24. The Kier molecular flexibility index (Phi) is 3.89. The lowest BCUT2D eigenvalue weighted by molar-refractivity contribution is 0.0191. The molecule has 2 nitrogen and oxygen atoms in total. The molecule has 0 aromatic heterocycles. The second kappa shape index (κ2) is 4.77. The molecule has 1 rings (SSSR count). The van der Waals surface area contributed by atoms with Gasteiger partial charge in [0.1, 0.15) is 0 Å². The van der Waals surface area contributed by atoms with Crippen LogP contribution >= 0.6 is 0 Å². The summed E-state index contributed by atoms with van der Waals surface area (Å²) in [6.45, 7) is 5.87. The summed E-state index contributed by atoms with van der Waals surface area (Å²) in [5.41, 5.74) is 2.02. The smallest absolute Gasteiger partial charge is 0.0871 e. The Morgan fingerprint density at radius 2 is 2.07 bits per heavy atom. The molecule has 1 aromatic carbocycles. The van der Waals surface area contributed by atoms with Gasteiger partial charge in [-0.05, 0) is 38.3 Å². The topological polar surface area (TPSA) is 29.5 Å². The van der Waals surface area contributed by atoms with E-state index < -0.39 is 0 Å². The van der Waals surface area contributed by atoms with Crippen LogP contribution in [0.1, 0.15) is 31.9 Å². The van der Waals surface area contributed by atoms with Crippen LogP contribution in [0.4, 0.5) is 0 Å². The average Bonchev–Trinajstić information content (AvgIpc) is 2.17. The van der Waals surface area contributed by atoms with Crippen molar-refractivity contribution < 1.29 is 9.84 Å². The predicted octanol–water partition coefficient (Wildman–Crippen LogP) is 2.49. The minimum Gasteiger partial charge on any atom is -0.393 e. The standard InChI is InChI=1S/C13H20O2/c1-10(14)8-11-6-5-7-12(9-11)13(2,3)15-4/h5-7,9-10,14H,8H2,1-4H3. The van der Waals surface area contributed by atoms with Gasteiger partial charge in [0.25, 0.3) is 0 Å². The van der Waals surface area contributed by atoms with E-state index in [1.165, 1.54) is 0 Å². The quantitative estimate of drug-likeness (QED) is 0.823. The fourth-order valence-electron chi connectivity index (χ4n) is 1.53. The van der Waals surface area contributed by atoms with Crippen LogP contribution in [0.5, 0.6) is 0 Å². The molecule has 0 aliphatic carbocycles. The largest absolute Gasteiger partial charge is 0.393 e. The van der Waals surface area contributed by atoms with Crippen molar-refractivity contribution >= 4 is 0 Å². The SMILES string of the molecule is COC(C)(C)c1cccc(CC(C)O)c1. The monoisotopic (exact) mass is 208 g/mol. The van der Waals surface area contributed by atoms with Crippen LogP contribution in [0.25, 0.3) is 0 Å². The maximum atomic E-state index is 9.33. The minimum atomic E-state index is -0.300. The van der Waals surface area contributed by atoms with Crippen molar-refractivity contribution in [3.05, 3.63) is 35.4 Å². The Labute approximate surface area is 91.9 Å². The van der Waals surface area contributed by atoms with Gasteiger partial charge < -0.3 is 9.84 Å². The lowest BCUT2D eigenvalue weighted by Gasteiger charge is -2.24. The van der Waals surface area contributed by atoms with Crippen LogP contribution in [0.15, 0.2) is 24.3 Å². The van der Waals surface area contributed by atoms with Gasteiger partial charge in [-0.1, -0.05) is 24.3 Å². The van der Waals surface area contributed by atoms with Gasteiger partial charge in [0.2, 0.25) is 0 Å². The molecule has 0 heterocycles. The van der Waals surface area contributed by atoms with Gasteiger partial charge in [-0.3, -0.25) is 0 Å². The molecule has 84 valence electrons. The number of hydrogen-bond acceptors (Lipinski definition) is 2. The number of aliphatic hydroxyl groups excluding tert-OH is 1. The number of rotatable bonds is 4. The van der Waals surface area contributed by atoms with Crippen molar-refractivity contribution in [1.29, 1.82) is 0 Å². The lowest BCUT2D eigenvalue weighted by Crippen LogP contribution is -2.19.